The fraction of sp³-hybridized carbons (Fsp3) is 0.600. The van der Waals surface area contributed by atoms with Gasteiger partial charge >= 0.3 is 0 Å². The molecule has 0 aliphatic carbocycles. The Hall–Kier alpha value is -0.870. The molecule has 1 atom stereocenters. The van der Waals surface area contributed by atoms with Gasteiger partial charge in [0.1, 0.15) is 11.0 Å². The first kappa shape index (κ1) is 10.6. The van der Waals surface area contributed by atoms with E-state index in [0.29, 0.717) is 11.1 Å². The summed E-state index contributed by atoms with van der Waals surface area (Å²) in [4.78, 5) is 10.4. The van der Waals surface area contributed by atoms with E-state index >= 15 is 0 Å². The van der Waals surface area contributed by atoms with Crippen LogP contribution in [0.4, 0.5) is 5.82 Å². The number of hydrogen-bond donors (Lipinski definition) is 1. The van der Waals surface area contributed by atoms with Crippen LogP contribution in [0.1, 0.15) is 12.8 Å². The van der Waals surface area contributed by atoms with Crippen LogP contribution in [0.3, 0.4) is 0 Å². The maximum absolute atomic E-state index is 8.86. The Morgan fingerprint density at radius 1 is 1.53 bits per heavy atom. The van der Waals surface area contributed by atoms with Crippen molar-refractivity contribution in [3.8, 4) is 0 Å². The van der Waals surface area contributed by atoms with Gasteiger partial charge in [0.05, 0.1) is 12.4 Å². The molecule has 1 aromatic heterocycles. The van der Waals surface area contributed by atoms with Crippen LogP contribution >= 0.6 is 11.6 Å². The summed E-state index contributed by atoms with van der Waals surface area (Å²) < 4.78 is 0. The van der Waals surface area contributed by atoms with E-state index < -0.39 is 0 Å². The summed E-state index contributed by atoms with van der Waals surface area (Å²) in [5, 5.41) is 9.29. The van der Waals surface area contributed by atoms with Crippen molar-refractivity contribution in [1.29, 1.82) is 0 Å². The molecule has 0 amide bonds. The highest BCUT2D eigenvalue weighted by atomic mass is 35.5. The first-order valence-corrected chi connectivity index (χ1v) is 5.50. The third kappa shape index (κ3) is 2.58. The van der Waals surface area contributed by atoms with E-state index in [4.69, 9.17) is 16.7 Å². The van der Waals surface area contributed by atoms with Gasteiger partial charge < -0.3 is 10.0 Å². The minimum Gasteiger partial charge on any atom is -0.396 e. The first-order valence-electron chi connectivity index (χ1n) is 5.13. The summed E-state index contributed by atoms with van der Waals surface area (Å²) in [6.07, 6.45) is 5.23. The quantitative estimate of drug-likeness (QED) is 0.847. The molecule has 1 saturated heterocycles. The van der Waals surface area contributed by atoms with Crippen LogP contribution < -0.4 is 4.90 Å². The number of aliphatic hydroxyl groups excluding tert-OH is 1. The predicted octanol–water partition coefficient (Wildman–Crippen LogP) is 1.34. The van der Waals surface area contributed by atoms with Crippen LogP contribution in [0.25, 0.3) is 0 Å². The second-order valence-corrected chi connectivity index (χ2v) is 4.20. The number of hydrogen-bond acceptors (Lipinski definition) is 4. The summed E-state index contributed by atoms with van der Waals surface area (Å²) in [6.45, 7) is 2.18. The van der Waals surface area contributed by atoms with Gasteiger partial charge in [-0.3, -0.25) is 4.98 Å². The fourth-order valence-electron chi connectivity index (χ4n) is 1.94. The van der Waals surface area contributed by atoms with Gasteiger partial charge in [-0.15, -0.1) is 0 Å². The van der Waals surface area contributed by atoms with Crippen molar-refractivity contribution in [1.82, 2.24) is 9.97 Å². The van der Waals surface area contributed by atoms with Gasteiger partial charge in [0, 0.05) is 19.7 Å². The molecule has 0 bridgehead atoms. The molecule has 15 heavy (non-hydrogen) atoms. The topological polar surface area (TPSA) is 49.2 Å². The van der Waals surface area contributed by atoms with Crippen molar-refractivity contribution in [2.45, 2.75) is 12.8 Å². The number of aromatic nitrogens is 2. The molecule has 1 aromatic rings. The lowest BCUT2D eigenvalue weighted by Crippen LogP contribution is -2.21. The van der Waals surface area contributed by atoms with Gasteiger partial charge in [0.15, 0.2) is 0 Å². The molecule has 1 N–H and O–H groups in total. The van der Waals surface area contributed by atoms with E-state index in [1.165, 1.54) is 6.20 Å². The molecular formula is C10H14ClN3O. The minimum absolute atomic E-state index is 0.264. The molecular weight excluding hydrogens is 214 g/mol. The van der Waals surface area contributed by atoms with Crippen LogP contribution in [0, 0.1) is 5.92 Å². The second-order valence-electron chi connectivity index (χ2n) is 3.81. The van der Waals surface area contributed by atoms with E-state index in [0.717, 1.165) is 31.7 Å². The van der Waals surface area contributed by atoms with Crippen LogP contribution in [0.15, 0.2) is 12.4 Å². The SMILES string of the molecule is OCC[C@@H]1CCN(c2cncc(Cl)n2)C1. The molecule has 5 heteroatoms. The van der Waals surface area contributed by atoms with Gasteiger partial charge in [-0.2, -0.15) is 0 Å². The third-order valence-corrected chi connectivity index (χ3v) is 2.92. The lowest BCUT2D eigenvalue weighted by molar-refractivity contribution is 0.263. The molecule has 0 aromatic carbocycles. The Balaban J connectivity index is 2.01. The standard InChI is InChI=1S/C10H14ClN3O/c11-9-5-12-6-10(13-9)14-3-1-8(7-14)2-4-15/h5-6,8,15H,1-4,7H2/t8-/m0/s1. The van der Waals surface area contributed by atoms with Crippen molar-refractivity contribution in [3.05, 3.63) is 17.5 Å². The molecule has 4 nitrogen and oxygen atoms in total. The maximum Gasteiger partial charge on any atom is 0.149 e. The van der Waals surface area contributed by atoms with Gasteiger partial charge in [0.25, 0.3) is 0 Å². The highest BCUT2D eigenvalue weighted by molar-refractivity contribution is 6.29. The fourth-order valence-corrected chi connectivity index (χ4v) is 2.09. The zero-order valence-corrected chi connectivity index (χ0v) is 9.19. The molecule has 0 saturated carbocycles. The van der Waals surface area contributed by atoms with Gasteiger partial charge in [-0.1, -0.05) is 11.6 Å². The number of halogens is 1. The number of nitrogens with zero attached hydrogens (tertiary/aromatic N) is 3. The van der Waals surface area contributed by atoms with E-state index in [9.17, 15) is 0 Å². The van der Waals surface area contributed by atoms with Crippen molar-refractivity contribution in [2.75, 3.05) is 24.6 Å². The highest BCUT2D eigenvalue weighted by Crippen LogP contribution is 2.24. The zero-order valence-electron chi connectivity index (χ0n) is 8.43. The van der Waals surface area contributed by atoms with Crippen molar-refractivity contribution >= 4 is 17.4 Å². The predicted molar refractivity (Wildman–Crippen MR) is 59.1 cm³/mol. The molecule has 2 rings (SSSR count). The van der Waals surface area contributed by atoms with Gasteiger partial charge in [-0.25, -0.2) is 4.98 Å². The van der Waals surface area contributed by atoms with Crippen molar-refractivity contribution < 1.29 is 5.11 Å². The van der Waals surface area contributed by atoms with Crippen LogP contribution in [-0.4, -0.2) is 34.8 Å². The Bertz CT molecular complexity index is 334. The summed E-state index contributed by atoms with van der Waals surface area (Å²) >= 11 is 5.78. The average molecular weight is 228 g/mol. The molecule has 2 heterocycles. The summed E-state index contributed by atoms with van der Waals surface area (Å²) in [7, 11) is 0. The van der Waals surface area contributed by atoms with Crippen LogP contribution in [0.2, 0.25) is 5.15 Å². The smallest absolute Gasteiger partial charge is 0.149 e. The zero-order chi connectivity index (χ0) is 10.7. The maximum atomic E-state index is 8.86. The molecule has 1 aliphatic rings. The Morgan fingerprint density at radius 2 is 2.40 bits per heavy atom. The normalized spacial score (nSPS) is 20.9. The highest BCUT2D eigenvalue weighted by Gasteiger charge is 2.23. The van der Waals surface area contributed by atoms with Gasteiger partial charge in [-0.05, 0) is 18.8 Å². The second kappa shape index (κ2) is 4.77. The lowest BCUT2D eigenvalue weighted by Gasteiger charge is -2.16. The van der Waals surface area contributed by atoms with E-state index in [2.05, 4.69) is 14.9 Å². The summed E-state index contributed by atoms with van der Waals surface area (Å²) in [6, 6.07) is 0. The molecule has 0 spiro atoms. The molecule has 1 fully saturated rings. The largest absolute Gasteiger partial charge is 0.396 e. The summed E-state index contributed by atoms with van der Waals surface area (Å²) in [5.74, 6) is 1.40. The Morgan fingerprint density at radius 3 is 3.13 bits per heavy atom. The Labute approximate surface area is 93.9 Å². The van der Waals surface area contributed by atoms with Crippen molar-refractivity contribution in [2.24, 2.45) is 5.92 Å². The Kier molecular flexibility index (Phi) is 3.38. The lowest BCUT2D eigenvalue weighted by atomic mass is 10.1. The van der Waals surface area contributed by atoms with Crippen LogP contribution in [-0.2, 0) is 0 Å². The molecule has 0 radical (unpaired) electrons. The molecule has 1 aliphatic heterocycles. The van der Waals surface area contributed by atoms with E-state index in [-0.39, 0.29) is 6.61 Å². The number of aliphatic hydroxyl groups is 1. The number of rotatable bonds is 3. The van der Waals surface area contributed by atoms with Crippen LogP contribution in [0.5, 0.6) is 0 Å². The first-order chi connectivity index (χ1) is 7.29. The van der Waals surface area contributed by atoms with E-state index in [1.807, 2.05) is 0 Å². The molecule has 0 unspecified atom stereocenters. The monoisotopic (exact) mass is 227 g/mol. The van der Waals surface area contributed by atoms with Crippen molar-refractivity contribution in [3.63, 3.8) is 0 Å². The van der Waals surface area contributed by atoms with E-state index in [1.54, 1.807) is 6.20 Å². The third-order valence-electron chi connectivity index (χ3n) is 2.74. The van der Waals surface area contributed by atoms with Gasteiger partial charge in [0.2, 0.25) is 0 Å². The average Bonchev–Trinajstić information content (AvgIpc) is 2.67. The number of anilines is 1. The minimum atomic E-state index is 0.264. The molecule has 82 valence electrons. The summed E-state index contributed by atoms with van der Waals surface area (Å²) in [5.41, 5.74) is 0.